The number of anilines is 1. The second-order valence-electron chi connectivity index (χ2n) is 3.92. The first kappa shape index (κ1) is 13.8. The molecule has 0 aliphatic carbocycles. The smallest absolute Gasteiger partial charge is 0.326 e. The Hall–Kier alpha value is -1.23. The molecule has 1 aromatic carbocycles. The van der Waals surface area contributed by atoms with Crippen molar-refractivity contribution < 1.29 is 14.3 Å². The summed E-state index contributed by atoms with van der Waals surface area (Å²) in [5.74, 6) is -0.758. The number of carbonyl (C=O) groups is 1. The van der Waals surface area contributed by atoms with E-state index in [-0.39, 0.29) is 5.82 Å². The summed E-state index contributed by atoms with van der Waals surface area (Å²) in [5, 5.41) is 12.3. The molecule has 0 aromatic heterocycles. The molecule has 17 heavy (non-hydrogen) atoms. The standard InChI is InChI=1S/C12H16FNO2S/c1-8(2)17-7-11(12(15)16)14-10-5-3-9(13)4-6-10/h3-6,8,11,14H,7H2,1-2H3,(H,15,16)/t11-/m0/s1. The van der Waals surface area contributed by atoms with Gasteiger partial charge in [0.2, 0.25) is 0 Å². The largest absolute Gasteiger partial charge is 0.480 e. The SMILES string of the molecule is CC(C)SC[C@H](Nc1ccc(F)cc1)C(=O)O. The van der Waals surface area contributed by atoms with Gasteiger partial charge in [-0.05, 0) is 29.5 Å². The van der Waals surface area contributed by atoms with Crippen LogP contribution in [0, 0.1) is 5.82 Å². The van der Waals surface area contributed by atoms with Crippen LogP contribution in [0.2, 0.25) is 0 Å². The zero-order chi connectivity index (χ0) is 12.8. The minimum atomic E-state index is -0.900. The Morgan fingerprint density at radius 1 is 1.41 bits per heavy atom. The summed E-state index contributed by atoms with van der Waals surface area (Å²) in [6, 6.07) is 5.01. The van der Waals surface area contributed by atoms with Gasteiger partial charge in [-0.1, -0.05) is 13.8 Å². The van der Waals surface area contributed by atoms with E-state index >= 15 is 0 Å². The molecule has 0 aliphatic heterocycles. The molecule has 0 amide bonds. The van der Waals surface area contributed by atoms with E-state index in [9.17, 15) is 9.18 Å². The monoisotopic (exact) mass is 257 g/mol. The van der Waals surface area contributed by atoms with E-state index in [1.54, 1.807) is 11.8 Å². The number of hydrogen-bond donors (Lipinski definition) is 2. The van der Waals surface area contributed by atoms with Crippen LogP contribution in [0.1, 0.15) is 13.8 Å². The van der Waals surface area contributed by atoms with Crippen molar-refractivity contribution in [3.8, 4) is 0 Å². The predicted molar refractivity (Wildman–Crippen MR) is 69.0 cm³/mol. The second-order valence-corrected chi connectivity index (χ2v) is 5.53. The molecule has 2 N–H and O–H groups in total. The minimum absolute atomic E-state index is 0.334. The van der Waals surface area contributed by atoms with Crippen molar-refractivity contribution in [1.82, 2.24) is 0 Å². The summed E-state index contributed by atoms with van der Waals surface area (Å²) in [4.78, 5) is 11.0. The van der Waals surface area contributed by atoms with Gasteiger partial charge in [0, 0.05) is 11.4 Å². The van der Waals surface area contributed by atoms with Crippen LogP contribution < -0.4 is 5.32 Å². The van der Waals surface area contributed by atoms with Crippen LogP contribution in [0.3, 0.4) is 0 Å². The predicted octanol–water partition coefficient (Wildman–Crippen LogP) is 2.83. The van der Waals surface area contributed by atoms with Gasteiger partial charge in [0.05, 0.1) is 0 Å². The average Bonchev–Trinajstić information content (AvgIpc) is 2.26. The number of hydrogen-bond acceptors (Lipinski definition) is 3. The number of rotatable bonds is 6. The van der Waals surface area contributed by atoms with Crippen LogP contribution >= 0.6 is 11.8 Å². The van der Waals surface area contributed by atoms with Crippen LogP contribution in [0.4, 0.5) is 10.1 Å². The summed E-state index contributed by atoms with van der Waals surface area (Å²) in [7, 11) is 0. The highest BCUT2D eigenvalue weighted by molar-refractivity contribution is 7.99. The van der Waals surface area contributed by atoms with E-state index < -0.39 is 12.0 Å². The molecule has 94 valence electrons. The third kappa shape index (κ3) is 5.08. The molecule has 0 bridgehead atoms. The molecule has 0 heterocycles. The number of nitrogens with one attached hydrogen (secondary N) is 1. The van der Waals surface area contributed by atoms with Gasteiger partial charge in [-0.25, -0.2) is 9.18 Å². The molecule has 0 radical (unpaired) electrons. The zero-order valence-electron chi connectivity index (χ0n) is 9.81. The number of aliphatic carboxylic acids is 1. The van der Waals surface area contributed by atoms with Crippen molar-refractivity contribution >= 4 is 23.4 Å². The first-order valence-electron chi connectivity index (χ1n) is 5.35. The molecule has 1 aromatic rings. The lowest BCUT2D eigenvalue weighted by Gasteiger charge is -2.16. The summed E-state index contributed by atoms with van der Waals surface area (Å²) >= 11 is 1.57. The maximum absolute atomic E-state index is 12.7. The third-order valence-corrected chi connectivity index (χ3v) is 3.27. The molecule has 5 heteroatoms. The van der Waals surface area contributed by atoms with Crippen LogP contribution in [0.5, 0.6) is 0 Å². The Morgan fingerprint density at radius 3 is 2.47 bits per heavy atom. The molecule has 3 nitrogen and oxygen atoms in total. The summed E-state index contributed by atoms with van der Waals surface area (Å²) in [5.41, 5.74) is 0.614. The van der Waals surface area contributed by atoms with Crippen molar-refractivity contribution in [3.05, 3.63) is 30.1 Å². The summed E-state index contributed by atoms with van der Waals surface area (Å²) in [6.45, 7) is 4.03. The zero-order valence-corrected chi connectivity index (χ0v) is 10.6. The molecule has 0 saturated carbocycles. The molecule has 1 rings (SSSR count). The van der Waals surface area contributed by atoms with Crippen LogP contribution in [-0.4, -0.2) is 28.1 Å². The van der Waals surface area contributed by atoms with Crippen molar-refractivity contribution in [2.45, 2.75) is 25.1 Å². The lowest BCUT2D eigenvalue weighted by molar-refractivity contribution is -0.137. The van der Waals surface area contributed by atoms with Gasteiger partial charge in [0.1, 0.15) is 11.9 Å². The number of thioether (sulfide) groups is 1. The van der Waals surface area contributed by atoms with Gasteiger partial charge in [0.25, 0.3) is 0 Å². The first-order valence-corrected chi connectivity index (χ1v) is 6.40. The fraction of sp³-hybridized carbons (Fsp3) is 0.417. The van der Waals surface area contributed by atoms with Crippen molar-refractivity contribution in [3.63, 3.8) is 0 Å². The Labute approximate surface area is 104 Å². The number of benzene rings is 1. The molecule has 0 fully saturated rings. The van der Waals surface area contributed by atoms with Crippen molar-refractivity contribution in [2.75, 3.05) is 11.1 Å². The van der Waals surface area contributed by atoms with E-state index in [1.165, 1.54) is 24.3 Å². The van der Waals surface area contributed by atoms with Gasteiger partial charge in [0.15, 0.2) is 0 Å². The highest BCUT2D eigenvalue weighted by atomic mass is 32.2. The highest BCUT2D eigenvalue weighted by Crippen LogP contribution is 2.15. The van der Waals surface area contributed by atoms with Gasteiger partial charge in [-0.2, -0.15) is 11.8 Å². The molecule has 0 saturated heterocycles. The molecular weight excluding hydrogens is 241 g/mol. The molecule has 0 unspecified atom stereocenters. The van der Waals surface area contributed by atoms with Crippen LogP contribution in [-0.2, 0) is 4.79 Å². The van der Waals surface area contributed by atoms with E-state index in [0.29, 0.717) is 16.7 Å². The van der Waals surface area contributed by atoms with Crippen molar-refractivity contribution in [2.24, 2.45) is 0 Å². The van der Waals surface area contributed by atoms with Crippen LogP contribution in [0.15, 0.2) is 24.3 Å². The van der Waals surface area contributed by atoms with Crippen LogP contribution in [0.25, 0.3) is 0 Å². The normalized spacial score (nSPS) is 12.5. The summed E-state index contributed by atoms with van der Waals surface area (Å²) in [6.07, 6.45) is 0. The number of halogens is 1. The number of carboxylic acids is 1. The Balaban J connectivity index is 2.60. The third-order valence-electron chi connectivity index (χ3n) is 2.08. The fourth-order valence-corrected chi connectivity index (χ4v) is 2.01. The average molecular weight is 257 g/mol. The van der Waals surface area contributed by atoms with E-state index in [4.69, 9.17) is 5.11 Å². The second kappa shape index (κ2) is 6.49. The Morgan fingerprint density at radius 2 is 2.00 bits per heavy atom. The minimum Gasteiger partial charge on any atom is -0.480 e. The lowest BCUT2D eigenvalue weighted by Crippen LogP contribution is -2.32. The highest BCUT2D eigenvalue weighted by Gasteiger charge is 2.17. The fourth-order valence-electron chi connectivity index (χ4n) is 1.21. The van der Waals surface area contributed by atoms with E-state index in [0.717, 1.165) is 0 Å². The molecule has 0 spiro atoms. The van der Waals surface area contributed by atoms with Gasteiger partial charge < -0.3 is 10.4 Å². The molecule has 0 aliphatic rings. The van der Waals surface area contributed by atoms with Gasteiger partial charge in [-0.3, -0.25) is 0 Å². The Bertz CT molecular complexity index is 367. The topological polar surface area (TPSA) is 49.3 Å². The van der Waals surface area contributed by atoms with Gasteiger partial charge >= 0.3 is 5.97 Å². The maximum Gasteiger partial charge on any atom is 0.326 e. The Kier molecular flexibility index (Phi) is 5.28. The first-order chi connectivity index (χ1) is 7.99. The summed E-state index contributed by atoms with van der Waals surface area (Å²) < 4.78 is 12.7. The maximum atomic E-state index is 12.7. The van der Waals surface area contributed by atoms with E-state index in [1.807, 2.05) is 13.8 Å². The van der Waals surface area contributed by atoms with Gasteiger partial charge in [-0.15, -0.1) is 0 Å². The lowest BCUT2D eigenvalue weighted by atomic mass is 10.2. The van der Waals surface area contributed by atoms with E-state index in [2.05, 4.69) is 5.32 Å². The molecular formula is C12H16FNO2S. The quantitative estimate of drug-likeness (QED) is 0.822. The number of carboxylic acid groups (broad SMARTS) is 1. The van der Waals surface area contributed by atoms with Crippen molar-refractivity contribution in [1.29, 1.82) is 0 Å². The molecule has 1 atom stereocenters.